The molecule has 0 heterocycles. The second-order valence-electron chi connectivity index (χ2n) is 3.85. The molecule has 0 aliphatic rings. The number of carbonyl (C=O) groups is 1. The molecule has 0 saturated carbocycles. The van der Waals surface area contributed by atoms with Crippen LogP contribution in [0, 0.1) is 0 Å². The van der Waals surface area contributed by atoms with Gasteiger partial charge in [-0.2, -0.15) is 0 Å². The Morgan fingerprint density at radius 1 is 1.42 bits per heavy atom. The van der Waals surface area contributed by atoms with Crippen molar-refractivity contribution in [3.8, 4) is 5.75 Å². The van der Waals surface area contributed by atoms with E-state index in [0.29, 0.717) is 6.54 Å². The average molecular weight is 287 g/mol. The molecule has 0 fully saturated rings. The van der Waals surface area contributed by atoms with Crippen LogP contribution in [0.2, 0.25) is 0 Å². The molecule has 0 atom stereocenters. The van der Waals surface area contributed by atoms with Crippen molar-refractivity contribution in [2.24, 2.45) is 0 Å². The van der Waals surface area contributed by atoms with Gasteiger partial charge in [-0.05, 0) is 18.2 Å². The Hall–Kier alpha value is -1.80. The highest BCUT2D eigenvalue weighted by atomic mass is 32.2. The van der Waals surface area contributed by atoms with Gasteiger partial charge >= 0.3 is 0 Å². The van der Waals surface area contributed by atoms with E-state index in [1.54, 1.807) is 6.92 Å². The van der Waals surface area contributed by atoms with Gasteiger partial charge in [0.25, 0.3) is 5.91 Å². The molecule has 1 amide bonds. The zero-order valence-corrected chi connectivity index (χ0v) is 11.3. The minimum absolute atomic E-state index is 0.0146. The number of rotatable bonds is 6. The van der Waals surface area contributed by atoms with Gasteiger partial charge in [-0.25, -0.2) is 13.1 Å². The summed E-state index contributed by atoms with van der Waals surface area (Å²) in [6.07, 6.45) is 0. The van der Waals surface area contributed by atoms with Gasteiger partial charge in [0.15, 0.2) is 0 Å². The lowest BCUT2D eigenvalue weighted by molar-refractivity contribution is 0.0956. The third-order valence-corrected chi connectivity index (χ3v) is 3.78. The van der Waals surface area contributed by atoms with Crippen LogP contribution in [-0.2, 0) is 10.0 Å². The van der Waals surface area contributed by atoms with Gasteiger partial charge < -0.3 is 16.2 Å². The highest BCUT2D eigenvalue weighted by Gasteiger charge is 2.11. The summed E-state index contributed by atoms with van der Waals surface area (Å²) in [6.45, 7) is 1.97. The molecule has 5 N–H and O–H groups in total. The molecule has 0 unspecified atom stereocenters. The molecule has 0 aliphatic carbocycles. The van der Waals surface area contributed by atoms with Crippen LogP contribution < -0.4 is 15.8 Å². The highest BCUT2D eigenvalue weighted by molar-refractivity contribution is 7.89. The Bertz CT molecular complexity index is 557. The number of sulfonamides is 1. The minimum Gasteiger partial charge on any atom is -0.506 e. The summed E-state index contributed by atoms with van der Waals surface area (Å²) in [6, 6.07) is 4.08. The second kappa shape index (κ2) is 6.39. The maximum Gasteiger partial charge on any atom is 0.251 e. The van der Waals surface area contributed by atoms with Gasteiger partial charge in [0.1, 0.15) is 5.75 Å². The number of anilines is 1. The lowest BCUT2D eigenvalue weighted by Crippen LogP contribution is -2.34. The number of hydrogen-bond donors (Lipinski definition) is 4. The Morgan fingerprint density at radius 2 is 2.11 bits per heavy atom. The van der Waals surface area contributed by atoms with Crippen molar-refractivity contribution in [2.75, 3.05) is 24.6 Å². The second-order valence-corrected chi connectivity index (χ2v) is 5.77. The molecule has 7 nitrogen and oxygen atoms in total. The monoisotopic (exact) mass is 287 g/mol. The third-order valence-electron chi connectivity index (χ3n) is 2.31. The number of hydrogen-bond acceptors (Lipinski definition) is 5. The molecule has 0 aromatic heterocycles. The molecular weight excluding hydrogens is 270 g/mol. The van der Waals surface area contributed by atoms with Gasteiger partial charge in [0.05, 0.1) is 11.4 Å². The number of phenolic OH excluding ortho intramolecular Hbond substituents is 1. The zero-order valence-electron chi connectivity index (χ0n) is 10.5. The lowest BCUT2D eigenvalue weighted by Gasteiger charge is -2.07. The molecule has 1 aromatic carbocycles. The number of benzene rings is 1. The molecule has 106 valence electrons. The SMILES string of the molecule is CCNS(=O)(=O)CCNC(=O)c1ccc(N)c(O)c1. The van der Waals surface area contributed by atoms with Gasteiger partial charge in [0.2, 0.25) is 10.0 Å². The number of aromatic hydroxyl groups is 1. The van der Waals surface area contributed by atoms with Gasteiger partial charge in [-0.3, -0.25) is 4.79 Å². The lowest BCUT2D eigenvalue weighted by atomic mass is 10.2. The van der Waals surface area contributed by atoms with E-state index in [-0.39, 0.29) is 29.3 Å². The smallest absolute Gasteiger partial charge is 0.251 e. The summed E-state index contributed by atoms with van der Waals surface area (Å²) >= 11 is 0. The van der Waals surface area contributed by atoms with E-state index in [1.807, 2.05) is 0 Å². The van der Waals surface area contributed by atoms with Crippen LogP contribution in [0.25, 0.3) is 0 Å². The maximum absolute atomic E-state index is 11.7. The number of phenols is 1. The van der Waals surface area contributed by atoms with E-state index < -0.39 is 15.9 Å². The van der Waals surface area contributed by atoms with Gasteiger partial charge in [-0.15, -0.1) is 0 Å². The molecule has 0 aliphatic heterocycles. The fraction of sp³-hybridized carbons (Fsp3) is 0.364. The van der Waals surface area contributed by atoms with Crippen molar-refractivity contribution in [3.05, 3.63) is 23.8 Å². The average Bonchev–Trinajstić information content (AvgIpc) is 2.32. The zero-order chi connectivity index (χ0) is 14.5. The molecule has 0 bridgehead atoms. The van der Waals surface area contributed by atoms with Crippen LogP contribution in [0.1, 0.15) is 17.3 Å². The summed E-state index contributed by atoms with van der Waals surface area (Å²) in [5.41, 5.74) is 5.80. The standard InChI is InChI=1S/C11H17N3O4S/c1-2-14-19(17,18)6-5-13-11(16)8-3-4-9(12)10(15)7-8/h3-4,7,14-15H,2,5-6,12H2,1H3,(H,13,16). The predicted octanol–water partition coefficient (Wildman–Crippen LogP) is -0.357. The van der Waals surface area contributed by atoms with Crippen LogP contribution in [0.4, 0.5) is 5.69 Å². The van der Waals surface area contributed by atoms with Crippen LogP contribution >= 0.6 is 0 Å². The van der Waals surface area contributed by atoms with E-state index in [9.17, 15) is 18.3 Å². The largest absolute Gasteiger partial charge is 0.506 e. The van der Waals surface area contributed by atoms with Crippen molar-refractivity contribution in [1.82, 2.24) is 10.0 Å². The number of carbonyl (C=O) groups excluding carboxylic acids is 1. The normalized spacial score (nSPS) is 11.2. The van der Waals surface area contributed by atoms with Crippen LogP contribution in [0.15, 0.2) is 18.2 Å². The summed E-state index contributed by atoms with van der Waals surface area (Å²) < 4.78 is 25.0. The summed E-state index contributed by atoms with van der Waals surface area (Å²) in [4.78, 5) is 11.7. The maximum atomic E-state index is 11.7. The quantitative estimate of drug-likeness (QED) is 0.420. The van der Waals surface area contributed by atoms with Crippen molar-refractivity contribution in [2.45, 2.75) is 6.92 Å². The fourth-order valence-corrected chi connectivity index (χ4v) is 2.33. The Labute approximate surface area is 111 Å². The first-order valence-corrected chi connectivity index (χ1v) is 7.35. The van der Waals surface area contributed by atoms with E-state index in [0.717, 1.165) is 0 Å². The number of amides is 1. The van der Waals surface area contributed by atoms with E-state index in [1.165, 1.54) is 18.2 Å². The molecule has 8 heteroatoms. The first-order chi connectivity index (χ1) is 8.85. The molecule has 0 radical (unpaired) electrons. The Balaban J connectivity index is 2.54. The van der Waals surface area contributed by atoms with Crippen LogP contribution in [0.5, 0.6) is 5.75 Å². The number of nitrogens with one attached hydrogen (secondary N) is 2. The molecule has 0 saturated heterocycles. The minimum atomic E-state index is -3.36. The summed E-state index contributed by atoms with van der Waals surface area (Å²) in [7, 11) is -3.36. The Kier molecular flexibility index (Phi) is 5.13. The van der Waals surface area contributed by atoms with Crippen molar-refractivity contribution in [3.63, 3.8) is 0 Å². The first kappa shape index (κ1) is 15.3. The Morgan fingerprint density at radius 3 is 2.68 bits per heavy atom. The third kappa shape index (κ3) is 4.76. The molecule has 1 rings (SSSR count). The van der Waals surface area contributed by atoms with Crippen LogP contribution in [-0.4, -0.2) is 38.3 Å². The summed E-state index contributed by atoms with van der Waals surface area (Å²) in [5, 5.41) is 11.8. The predicted molar refractivity (Wildman–Crippen MR) is 72.3 cm³/mol. The van der Waals surface area contributed by atoms with E-state index >= 15 is 0 Å². The molecular formula is C11H17N3O4S. The molecule has 0 spiro atoms. The number of nitrogen functional groups attached to an aromatic ring is 1. The number of nitrogens with two attached hydrogens (primary N) is 1. The summed E-state index contributed by atoms with van der Waals surface area (Å²) in [5.74, 6) is -0.858. The van der Waals surface area contributed by atoms with E-state index in [2.05, 4.69) is 10.0 Å². The first-order valence-electron chi connectivity index (χ1n) is 5.69. The van der Waals surface area contributed by atoms with E-state index in [4.69, 9.17) is 5.73 Å². The fourth-order valence-electron chi connectivity index (χ4n) is 1.38. The van der Waals surface area contributed by atoms with Gasteiger partial charge in [0, 0.05) is 18.7 Å². The topological polar surface area (TPSA) is 122 Å². The van der Waals surface area contributed by atoms with Crippen LogP contribution in [0.3, 0.4) is 0 Å². The molecule has 1 aromatic rings. The van der Waals surface area contributed by atoms with Gasteiger partial charge in [-0.1, -0.05) is 6.92 Å². The molecule has 19 heavy (non-hydrogen) atoms. The highest BCUT2D eigenvalue weighted by Crippen LogP contribution is 2.20. The van der Waals surface area contributed by atoms with Crippen molar-refractivity contribution in [1.29, 1.82) is 0 Å². The van der Waals surface area contributed by atoms with Crippen molar-refractivity contribution >= 4 is 21.6 Å². The van der Waals surface area contributed by atoms with Crippen molar-refractivity contribution < 1.29 is 18.3 Å².